The van der Waals surface area contributed by atoms with Gasteiger partial charge in [0.1, 0.15) is 5.82 Å². The molecule has 0 unspecified atom stereocenters. The smallest absolute Gasteiger partial charge is 0.310 e. The first-order valence-corrected chi connectivity index (χ1v) is 6.88. The molecule has 1 saturated carbocycles. The molecule has 1 aromatic heterocycles. The molecule has 1 aromatic rings. The Morgan fingerprint density at radius 3 is 2.42 bits per heavy atom. The molecule has 2 atom stereocenters. The molecule has 1 fully saturated rings. The average Bonchev–Trinajstić information content (AvgIpc) is 2.93. The van der Waals surface area contributed by atoms with Crippen LogP contribution in [0.15, 0.2) is 12.4 Å². The maximum atomic E-state index is 11.9. The van der Waals surface area contributed by atoms with E-state index >= 15 is 0 Å². The van der Waals surface area contributed by atoms with Crippen LogP contribution in [0.2, 0.25) is 0 Å². The molecule has 0 saturated heterocycles. The van der Waals surface area contributed by atoms with E-state index in [2.05, 4.69) is 37.7 Å². The summed E-state index contributed by atoms with van der Waals surface area (Å²) in [4.78, 5) is 20.7. The fourth-order valence-corrected chi connectivity index (χ4v) is 2.74. The maximum Gasteiger partial charge on any atom is 0.310 e. The second-order valence-corrected chi connectivity index (χ2v) is 6.06. The lowest BCUT2D eigenvalue weighted by molar-refractivity contribution is -0.145. The Kier molecular flexibility index (Phi) is 3.61. The van der Waals surface area contributed by atoms with Crippen molar-refractivity contribution < 1.29 is 9.53 Å². The molecule has 0 bridgehead atoms. The number of carbonyl (C=O) groups excluding carboxylic acids is 1. The van der Waals surface area contributed by atoms with Crippen LogP contribution in [0.3, 0.4) is 0 Å². The Bertz CT molecular complexity index is 466. The van der Waals surface area contributed by atoms with Crippen molar-refractivity contribution in [2.75, 3.05) is 6.61 Å². The third kappa shape index (κ3) is 2.48. The van der Waals surface area contributed by atoms with Gasteiger partial charge in [-0.3, -0.25) is 4.79 Å². The highest BCUT2D eigenvalue weighted by Gasteiger charge is 2.63. The molecule has 1 heterocycles. The summed E-state index contributed by atoms with van der Waals surface area (Å²) in [6.45, 7) is 10.6. The van der Waals surface area contributed by atoms with Crippen LogP contribution < -0.4 is 0 Å². The highest BCUT2D eigenvalue weighted by atomic mass is 16.5. The van der Waals surface area contributed by atoms with E-state index in [0.717, 1.165) is 11.4 Å². The summed E-state index contributed by atoms with van der Waals surface area (Å²) < 4.78 is 5.14. The van der Waals surface area contributed by atoms with E-state index in [-0.39, 0.29) is 23.2 Å². The van der Waals surface area contributed by atoms with Gasteiger partial charge < -0.3 is 4.74 Å². The van der Waals surface area contributed by atoms with Crippen molar-refractivity contribution in [1.29, 1.82) is 0 Å². The van der Waals surface area contributed by atoms with E-state index in [1.165, 1.54) is 0 Å². The molecule has 0 N–H and O–H groups in total. The van der Waals surface area contributed by atoms with Gasteiger partial charge in [0.2, 0.25) is 0 Å². The van der Waals surface area contributed by atoms with E-state index in [9.17, 15) is 4.79 Å². The lowest BCUT2D eigenvalue weighted by Gasteiger charge is -2.05. The van der Waals surface area contributed by atoms with Crippen molar-refractivity contribution in [2.45, 2.75) is 46.5 Å². The molecule has 1 aliphatic carbocycles. The zero-order chi connectivity index (χ0) is 14.2. The molecule has 0 amide bonds. The minimum absolute atomic E-state index is 0.0606. The van der Waals surface area contributed by atoms with Gasteiger partial charge in [0.05, 0.1) is 12.5 Å². The van der Waals surface area contributed by atoms with Gasteiger partial charge in [0.25, 0.3) is 0 Å². The van der Waals surface area contributed by atoms with Gasteiger partial charge in [-0.2, -0.15) is 0 Å². The van der Waals surface area contributed by atoms with Crippen molar-refractivity contribution in [2.24, 2.45) is 11.3 Å². The predicted molar refractivity (Wildman–Crippen MR) is 72.8 cm³/mol. The van der Waals surface area contributed by atoms with Crippen LogP contribution in [0, 0.1) is 11.3 Å². The van der Waals surface area contributed by atoms with Crippen molar-refractivity contribution in [1.82, 2.24) is 9.97 Å². The third-order valence-corrected chi connectivity index (χ3v) is 3.94. The molecular formula is C15H22N2O2. The summed E-state index contributed by atoms with van der Waals surface area (Å²) in [7, 11) is 0. The monoisotopic (exact) mass is 262 g/mol. The number of rotatable bonds is 4. The van der Waals surface area contributed by atoms with Gasteiger partial charge in [-0.1, -0.05) is 27.7 Å². The van der Waals surface area contributed by atoms with Crippen LogP contribution in [0.1, 0.15) is 57.8 Å². The van der Waals surface area contributed by atoms with Crippen LogP contribution in [0.4, 0.5) is 0 Å². The fraction of sp³-hybridized carbons (Fsp3) is 0.667. The molecule has 0 radical (unpaired) electrons. The van der Waals surface area contributed by atoms with Gasteiger partial charge in [0.15, 0.2) is 0 Å². The van der Waals surface area contributed by atoms with Crippen LogP contribution in [-0.2, 0) is 9.53 Å². The molecule has 4 heteroatoms. The Hall–Kier alpha value is -1.45. The molecule has 19 heavy (non-hydrogen) atoms. The van der Waals surface area contributed by atoms with Crippen LogP contribution in [0.5, 0.6) is 0 Å². The molecule has 0 aromatic carbocycles. The van der Waals surface area contributed by atoms with Gasteiger partial charge in [0, 0.05) is 24.2 Å². The van der Waals surface area contributed by atoms with Gasteiger partial charge in [-0.15, -0.1) is 0 Å². The minimum Gasteiger partial charge on any atom is -0.466 e. The van der Waals surface area contributed by atoms with Gasteiger partial charge in [-0.25, -0.2) is 9.97 Å². The SMILES string of the molecule is CCOC(=O)[C@@H]1[C@@H](c2cnc(C(C)C)nc2)C1(C)C. The van der Waals surface area contributed by atoms with E-state index in [4.69, 9.17) is 4.74 Å². The van der Waals surface area contributed by atoms with Crippen LogP contribution in [-0.4, -0.2) is 22.5 Å². The van der Waals surface area contributed by atoms with E-state index in [1.807, 2.05) is 19.3 Å². The number of carbonyl (C=O) groups is 1. The Morgan fingerprint density at radius 1 is 1.37 bits per heavy atom. The first kappa shape index (κ1) is 14.0. The lowest BCUT2D eigenvalue weighted by Crippen LogP contribution is -2.10. The summed E-state index contributed by atoms with van der Waals surface area (Å²) in [5, 5.41) is 0. The molecule has 4 nitrogen and oxygen atoms in total. The zero-order valence-electron chi connectivity index (χ0n) is 12.3. The van der Waals surface area contributed by atoms with Crippen molar-refractivity contribution in [3.8, 4) is 0 Å². The fourth-order valence-electron chi connectivity index (χ4n) is 2.74. The molecule has 1 aliphatic rings. The average molecular weight is 262 g/mol. The number of esters is 1. The topological polar surface area (TPSA) is 52.1 Å². The number of hydrogen-bond donors (Lipinski definition) is 0. The largest absolute Gasteiger partial charge is 0.466 e. The Balaban J connectivity index is 2.16. The van der Waals surface area contributed by atoms with Gasteiger partial charge >= 0.3 is 5.97 Å². The Morgan fingerprint density at radius 2 is 1.95 bits per heavy atom. The van der Waals surface area contributed by atoms with Crippen molar-refractivity contribution in [3.05, 3.63) is 23.8 Å². The number of nitrogens with zero attached hydrogens (tertiary/aromatic N) is 2. The van der Waals surface area contributed by atoms with Crippen LogP contribution >= 0.6 is 0 Å². The van der Waals surface area contributed by atoms with Crippen LogP contribution in [0.25, 0.3) is 0 Å². The molecular weight excluding hydrogens is 240 g/mol. The first-order chi connectivity index (χ1) is 8.89. The molecule has 0 spiro atoms. The highest BCUT2D eigenvalue weighted by Crippen LogP contribution is 2.64. The molecule has 2 rings (SSSR count). The molecule has 0 aliphatic heterocycles. The standard InChI is InChI=1S/C15H22N2O2/c1-6-19-14(18)12-11(15(12,4)5)10-7-16-13(9(2)3)17-8-10/h7-9,11-12H,6H2,1-5H3/t11-,12+/m1/s1. The third-order valence-electron chi connectivity index (χ3n) is 3.94. The van der Waals surface area contributed by atoms with Crippen molar-refractivity contribution in [3.63, 3.8) is 0 Å². The second-order valence-electron chi connectivity index (χ2n) is 6.06. The first-order valence-electron chi connectivity index (χ1n) is 6.88. The van der Waals surface area contributed by atoms with E-state index in [0.29, 0.717) is 12.5 Å². The summed E-state index contributed by atoms with van der Waals surface area (Å²) in [5.74, 6) is 1.16. The zero-order valence-corrected chi connectivity index (χ0v) is 12.3. The second kappa shape index (κ2) is 4.91. The summed E-state index contributed by atoms with van der Waals surface area (Å²) in [6, 6.07) is 0. The van der Waals surface area contributed by atoms with E-state index in [1.54, 1.807) is 0 Å². The summed E-state index contributed by atoms with van der Waals surface area (Å²) in [6.07, 6.45) is 3.71. The summed E-state index contributed by atoms with van der Waals surface area (Å²) >= 11 is 0. The van der Waals surface area contributed by atoms with Crippen molar-refractivity contribution >= 4 is 5.97 Å². The summed E-state index contributed by atoms with van der Waals surface area (Å²) in [5.41, 5.74) is 0.974. The Labute approximate surface area is 114 Å². The predicted octanol–water partition coefficient (Wildman–Crippen LogP) is 2.90. The maximum absolute atomic E-state index is 11.9. The quantitative estimate of drug-likeness (QED) is 0.783. The minimum atomic E-state index is -0.106. The normalized spacial score (nSPS) is 24.3. The molecule has 104 valence electrons. The number of hydrogen-bond acceptors (Lipinski definition) is 4. The van der Waals surface area contributed by atoms with E-state index < -0.39 is 0 Å². The highest BCUT2D eigenvalue weighted by molar-refractivity contribution is 5.79. The lowest BCUT2D eigenvalue weighted by atomic mass is 10.1. The number of aromatic nitrogens is 2. The number of ether oxygens (including phenoxy) is 1. The van der Waals surface area contributed by atoms with Gasteiger partial charge in [-0.05, 0) is 17.9 Å².